The van der Waals surface area contributed by atoms with Gasteiger partial charge in [0.2, 0.25) is 5.91 Å². The van der Waals surface area contributed by atoms with Gasteiger partial charge < -0.3 is 5.32 Å². The Morgan fingerprint density at radius 3 is 2.85 bits per heavy atom. The van der Waals surface area contributed by atoms with E-state index in [4.69, 9.17) is 0 Å². The van der Waals surface area contributed by atoms with Gasteiger partial charge in [-0.2, -0.15) is 0 Å². The van der Waals surface area contributed by atoms with Crippen LogP contribution in [0.3, 0.4) is 0 Å². The molecule has 0 fully saturated rings. The summed E-state index contributed by atoms with van der Waals surface area (Å²) in [6, 6.07) is 7.69. The van der Waals surface area contributed by atoms with E-state index in [0.717, 1.165) is 31.2 Å². The summed E-state index contributed by atoms with van der Waals surface area (Å²) in [7, 11) is 0. The highest BCUT2D eigenvalue weighted by Gasteiger charge is 2.24. The van der Waals surface area contributed by atoms with Crippen LogP contribution in [0.2, 0.25) is 0 Å². The summed E-state index contributed by atoms with van der Waals surface area (Å²) < 4.78 is 1.17. The summed E-state index contributed by atoms with van der Waals surface area (Å²) in [6.45, 7) is 4.17. The number of benzene rings is 1. The van der Waals surface area contributed by atoms with Gasteiger partial charge in [0.05, 0.1) is 5.39 Å². The third-order valence-electron chi connectivity index (χ3n) is 5.12. The normalized spacial score (nSPS) is 16.3. The number of amides is 1. The van der Waals surface area contributed by atoms with Gasteiger partial charge >= 0.3 is 0 Å². The number of rotatable bonds is 4. The van der Waals surface area contributed by atoms with Crippen molar-refractivity contribution in [2.24, 2.45) is 5.92 Å². The summed E-state index contributed by atoms with van der Waals surface area (Å²) in [4.78, 5) is 27.2. The lowest BCUT2D eigenvalue weighted by Gasteiger charge is -2.17. The number of hydrogen-bond donors (Lipinski definition) is 1. The highest BCUT2D eigenvalue weighted by Crippen LogP contribution is 2.35. The van der Waals surface area contributed by atoms with Crippen molar-refractivity contribution in [1.29, 1.82) is 0 Å². The number of carbonyl (C=O) groups excluding carboxylic acids is 1. The number of hydrogen-bond acceptors (Lipinski definition) is 5. The Morgan fingerprint density at radius 1 is 1.33 bits per heavy atom. The second-order valence-corrected chi connectivity index (χ2v) is 8.27. The summed E-state index contributed by atoms with van der Waals surface area (Å²) >= 11 is 1.56. The van der Waals surface area contributed by atoms with Crippen molar-refractivity contribution in [1.82, 2.24) is 15.0 Å². The van der Waals surface area contributed by atoms with E-state index in [2.05, 4.69) is 29.5 Å². The van der Waals surface area contributed by atoms with Crippen LogP contribution in [0.15, 0.2) is 29.1 Å². The highest BCUT2D eigenvalue weighted by atomic mass is 32.1. The van der Waals surface area contributed by atoms with Crippen LogP contribution in [0.4, 0.5) is 5.69 Å². The Bertz CT molecular complexity index is 1050. The summed E-state index contributed by atoms with van der Waals surface area (Å²) in [5, 5.41) is 11.7. The van der Waals surface area contributed by atoms with E-state index in [9.17, 15) is 9.59 Å². The maximum Gasteiger partial charge on any atom is 0.279 e. The van der Waals surface area contributed by atoms with Crippen LogP contribution in [0.1, 0.15) is 36.3 Å². The van der Waals surface area contributed by atoms with E-state index in [-0.39, 0.29) is 18.0 Å². The van der Waals surface area contributed by atoms with Crippen molar-refractivity contribution in [3.8, 4) is 0 Å². The lowest BCUT2D eigenvalue weighted by atomic mass is 9.89. The number of fused-ring (bicyclic) bond motifs is 3. The van der Waals surface area contributed by atoms with Crippen LogP contribution < -0.4 is 10.9 Å². The molecule has 0 spiro atoms. The molecule has 2 heterocycles. The molecule has 7 heteroatoms. The molecule has 1 aliphatic rings. The molecule has 0 bridgehead atoms. The zero-order valence-electron chi connectivity index (χ0n) is 15.5. The maximum absolute atomic E-state index is 12.9. The minimum absolute atomic E-state index is 0.141. The summed E-state index contributed by atoms with van der Waals surface area (Å²) in [6.07, 6.45) is 3.91. The van der Waals surface area contributed by atoms with E-state index in [1.807, 2.05) is 24.3 Å². The van der Waals surface area contributed by atoms with Crippen molar-refractivity contribution in [2.75, 3.05) is 5.32 Å². The van der Waals surface area contributed by atoms with Crippen LogP contribution in [-0.2, 0) is 30.6 Å². The zero-order valence-corrected chi connectivity index (χ0v) is 16.3. The van der Waals surface area contributed by atoms with Crippen molar-refractivity contribution in [2.45, 2.75) is 46.1 Å². The molecule has 140 valence electrons. The number of aromatic nitrogens is 3. The average Bonchev–Trinajstić information content (AvgIpc) is 3.02. The molecule has 6 nitrogen and oxygen atoms in total. The van der Waals surface area contributed by atoms with Gasteiger partial charge in [-0.1, -0.05) is 31.2 Å². The third kappa shape index (κ3) is 3.51. The predicted octanol–water partition coefficient (Wildman–Crippen LogP) is 3.18. The van der Waals surface area contributed by atoms with E-state index < -0.39 is 0 Å². The second kappa shape index (κ2) is 7.23. The first-order valence-electron chi connectivity index (χ1n) is 9.32. The van der Waals surface area contributed by atoms with Crippen molar-refractivity contribution < 1.29 is 4.79 Å². The lowest BCUT2D eigenvalue weighted by Crippen LogP contribution is -2.30. The second-order valence-electron chi connectivity index (χ2n) is 7.18. The van der Waals surface area contributed by atoms with Crippen LogP contribution in [0.5, 0.6) is 0 Å². The quantitative estimate of drug-likeness (QED) is 0.752. The topological polar surface area (TPSA) is 76.9 Å². The van der Waals surface area contributed by atoms with Gasteiger partial charge in [-0.15, -0.1) is 16.4 Å². The SMILES string of the molecule is CCc1ccc(NC(=O)Cn2nnc3sc4c(c3c2=O)CC[C@@H](C)C4)cc1. The molecule has 2 aromatic heterocycles. The fourth-order valence-electron chi connectivity index (χ4n) is 3.56. The average molecular weight is 382 g/mol. The molecule has 0 saturated carbocycles. The molecule has 1 atom stereocenters. The fourth-order valence-corrected chi connectivity index (χ4v) is 4.87. The number of anilines is 1. The van der Waals surface area contributed by atoms with Crippen LogP contribution in [0, 0.1) is 5.92 Å². The summed E-state index contributed by atoms with van der Waals surface area (Å²) in [5.41, 5.74) is 2.80. The number of aryl methyl sites for hydroxylation is 2. The third-order valence-corrected chi connectivity index (χ3v) is 6.26. The van der Waals surface area contributed by atoms with Crippen LogP contribution in [0.25, 0.3) is 10.2 Å². The van der Waals surface area contributed by atoms with Gasteiger partial charge in [-0.05, 0) is 54.9 Å². The number of carbonyl (C=O) groups is 1. The van der Waals surface area contributed by atoms with Crippen molar-refractivity contribution in [3.05, 3.63) is 50.6 Å². The van der Waals surface area contributed by atoms with Crippen LogP contribution >= 0.6 is 11.3 Å². The van der Waals surface area contributed by atoms with Gasteiger partial charge in [0, 0.05) is 10.6 Å². The van der Waals surface area contributed by atoms with E-state index in [1.54, 1.807) is 11.3 Å². The number of nitrogens with zero attached hydrogens (tertiary/aromatic N) is 3. The molecule has 0 aliphatic heterocycles. The first-order chi connectivity index (χ1) is 13.0. The Morgan fingerprint density at radius 2 is 2.11 bits per heavy atom. The molecule has 1 aliphatic carbocycles. The molecule has 1 aromatic carbocycles. The Hall–Kier alpha value is -2.54. The first kappa shape index (κ1) is 17.9. The van der Waals surface area contributed by atoms with E-state index in [1.165, 1.54) is 15.1 Å². The Kier molecular flexibility index (Phi) is 4.78. The lowest BCUT2D eigenvalue weighted by molar-refractivity contribution is -0.117. The standard InChI is InChI=1S/C20H22N4O2S/c1-3-13-5-7-14(8-6-13)21-17(25)11-24-20(26)18-15-9-4-12(2)10-16(15)27-19(18)22-23-24/h5-8,12H,3-4,9-11H2,1-2H3,(H,21,25)/t12-/m1/s1. The zero-order chi connectivity index (χ0) is 19.0. The Labute approximate surface area is 161 Å². The first-order valence-corrected chi connectivity index (χ1v) is 10.1. The van der Waals surface area contributed by atoms with Gasteiger partial charge in [0.1, 0.15) is 6.54 Å². The predicted molar refractivity (Wildman–Crippen MR) is 107 cm³/mol. The molecule has 0 saturated heterocycles. The van der Waals surface area contributed by atoms with Crippen molar-refractivity contribution in [3.63, 3.8) is 0 Å². The minimum atomic E-state index is -0.285. The fraction of sp³-hybridized carbons (Fsp3) is 0.400. The number of nitrogens with one attached hydrogen (secondary N) is 1. The van der Waals surface area contributed by atoms with E-state index in [0.29, 0.717) is 21.8 Å². The van der Waals surface area contributed by atoms with Gasteiger partial charge in [0.15, 0.2) is 4.83 Å². The molecule has 27 heavy (non-hydrogen) atoms. The molecule has 0 radical (unpaired) electrons. The molecule has 4 rings (SSSR count). The van der Waals surface area contributed by atoms with Crippen LogP contribution in [-0.4, -0.2) is 20.9 Å². The molecular weight excluding hydrogens is 360 g/mol. The molecule has 1 amide bonds. The monoisotopic (exact) mass is 382 g/mol. The van der Waals surface area contributed by atoms with Gasteiger partial charge in [-0.3, -0.25) is 9.59 Å². The molecular formula is C20H22N4O2S. The van der Waals surface area contributed by atoms with Crippen molar-refractivity contribution >= 4 is 33.1 Å². The van der Waals surface area contributed by atoms with Gasteiger partial charge in [0.25, 0.3) is 5.56 Å². The smallest absolute Gasteiger partial charge is 0.279 e. The molecule has 0 unspecified atom stereocenters. The van der Waals surface area contributed by atoms with Gasteiger partial charge in [-0.25, -0.2) is 4.68 Å². The highest BCUT2D eigenvalue weighted by molar-refractivity contribution is 7.18. The number of thiophene rings is 1. The maximum atomic E-state index is 12.9. The molecule has 1 N–H and O–H groups in total. The van der Waals surface area contributed by atoms with E-state index >= 15 is 0 Å². The molecule has 3 aromatic rings. The largest absolute Gasteiger partial charge is 0.324 e. The summed E-state index contributed by atoms with van der Waals surface area (Å²) in [5.74, 6) is 0.346. The Balaban J connectivity index is 1.57. The minimum Gasteiger partial charge on any atom is -0.324 e.